The Morgan fingerprint density at radius 2 is 1.43 bits per heavy atom. The first-order valence-corrected chi connectivity index (χ1v) is 20.9. The van der Waals surface area contributed by atoms with E-state index in [1.807, 2.05) is 44.8 Å². The van der Waals surface area contributed by atoms with E-state index in [1.54, 1.807) is 0 Å². The monoisotopic (exact) mass is 822 g/mol. The second kappa shape index (κ2) is 17.0. The summed E-state index contributed by atoms with van der Waals surface area (Å²) in [5.41, 5.74) is 7.99. The largest absolute Gasteiger partial charge is 0.444 e. The Hall–Kier alpha value is -3.66. The molecule has 1 amide bonds. The van der Waals surface area contributed by atoms with E-state index >= 15 is 0 Å². The lowest BCUT2D eigenvalue weighted by atomic mass is 9.84. The first-order valence-electron chi connectivity index (χ1n) is 18.8. The van der Waals surface area contributed by atoms with Crippen molar-refractivity contribution in [3.8, 4) is 0 Å². The van der Waals surface area contributed by atoms with Crippen molar-refractivity contribution in [2.45, 2.75) is 56.0 Å². The van der Waals surface area contributed by atoms with Crippen LogP contribution < -0.4 is 5.32 Å². The summed E-state index contributed by atoms with van der Waals surface area (Å²) < 4.78 is 6.34. The molecule has 1 aromatic heterocycles. The molecule has 280 valence electrons. The van der Waals surface area contributed by atoms with E-state index < -0.39 is 10.3 Å². The number of pyridine rings is 1. The van der Waals surface area contributed by atoms with Gasteiger partial charge in [-0.15, -0.1) is 11.8 Å². The Morgan fingerprint density at radius 3 is 2.00 bits per heavy atom. The second-order valence-electron chi connectivity index (χ2n) is 15.2. The highest BCUT2D eigenvalue weighted by atomic mass is 79.9. The number of fused-ring (bicyclic) bond motifs is 2. The molecule has 1 aliphatic carbocycles. The minimum absolute atomic E-state index is 0.0551. The number of nitrogens with zero attached hydrogens (tertiary/aromatic N) is 3. The molecule has 1 fully saturated rings. The molecule has 1 aliphatic heterocycles. The molecule has 7 rings (SSSR count). The molecule has 0 unspecified atom stereocenters. The number of carbonyl (C=O) groups excluding carboxylic acids is 1. The lowest BCUT2D eigenvalue weighted by molar-refractivity contribution is 0.0482. The fourth-order valence-electron chi connectivity index (χ4n) is 7.91. The van der Waals surface area contributed by atoms with Gasteiger partial charge < -0.3 is 10.1 Å². The highest BCUT2D eigenvalue weighted by Gasteiger charge is 2.39. The maximum absolute atomic E-state index is 13.4. The van der Waals surface area contributed by atoms with Crippen molar-refractivity contribution < 1.29 is 9.53 Å². The Bertz CT molecular complexity index is 1870. The van der Waals surface area contributed by atoms with Crippen molar-refractivity contribution in [2.24, 2.45) is 0 Å². The van der Waals surface area contributed by atoms with E-state index in [0.717, 1.165) is 54.2 Å². The van der Waals surface area contributed by atoms with Crippen LogP contribution in [0.1, 0.15) is 65.9 Å². The van der Waals surface area contributed by atoms with Gasteiger partial charge in [0.25, 0.3) is 0 Å². The number of rotatable bonds is 10. The number of halogens is 2. The van der Waals surface area contributed by atoms with Gasteiger partial charge in [-0.05, 0) is 101 Å². The van der Waals surface area contributed by atoms with Crippen LogP contribution in [0.15, 0.2) is 126 Å². The average molecular weight is 824 g/mol. The quantitative estimate of drug-likeness (QED) is 0.142. The minimum Gasteiger partial charge on any atom is -0.444 e. The fourth-order valence-corrected chi connectivity index (χ4v) is 10.0. The fraction of sp³-hybridized carbons (Fsp3) is 0.333. The summed E-state index contributed by atoms with van der Waals surface area (Å²) in [6, 6.07) is 40.6. The number of alkyl carbamates (subject to hydrolysis) is 1. The summed E-state index contributed by atoms with van der Waals surface area (Å²) in [4.78, 5) is 23.5. The lowest BCUT2D eigenvalue weighted by Gasteiger charge is -2.41. The third kappa shape index (κ3) is 8.90. The Balaban J connectivity index is 1.15. The van der Waals surface area contributed by atoms with Crippen LogP contribution in [0, 0.1) is 0 Å². The summed E-state index contributed by atoms with van der Waals surface area (Å²) in [5.74, 6) is 0.668. The third-order valence-electron chi connectivity index (χ3n) is 10.3. The molecule has 0 radical (unpaired) electrons. The van der Waals surface area contributed by atoms with Crippen LogP contribution in [0.3, 0.4) is 0 Å². The summed E-state index contributed by atoms with van der Waals surface area (Å²) >= 11 is 12.0. The summed E-state index contributed by atoms with van der Waals surface area (Å²) in [6.45, 7) is 9.90. The molecule has 9 heteroatoms. The van der Waals surface area contributed by atoms with Crippen molar-refractivity contribution >= 4 is 45.4 Å². The number of hydrogen-bond donors (Lipinski definition) is 1. The van der Waals surface area contributed by atoms with Crippen LogP contribution in [0.4, 0.5) is 4.79 Å². The van der Waals surface area contributed by atoms with Gasteiger partial charge in [0.2, 0.25) is 0 Å². The Labute approximate surface area is 337 Å². The van der Waals surface area contributed by atoms with Gasteiger partial charge in [-0.25, -0.2) is 4.79 Å². The number of nitrogens with one attached hydrogen (secondary N) is 1. The number of carbonyl (C=O) groups is 1. The zero-order valence-corrected chi connectivity index (χ0v) is 34.3. The smallest absolute Gasteiger partial charge is 0.407 e. The van der Waals surface area contributed by atoms with Gasteiger partial charge in [0, 0.05) is 54.2 Å². The molecule has 1 N–H and O–H groups in total. The van der Waals surface area contributed by atoms with Gasteiger partial charge >= 0.3 is 6.09 Å². The zero-order chi connectivity index (χ0) is 37.7. The van der Waals surface area contributed by atoms with Crippen LogP contribution in [0.25, 0.3) is 0 Å². The molecule has 0 spiro atoms. The maximum Gasteiger partial charge on any atom is 0.407 e. The summed E-state index contributed by atoms with van der Waals surface area (Å²) in [5, 5.41) is 4.08. The van der Waals surface area contributed by atoms with Crippen LogP contribution in [0.2, 0.25) is 5.02 Å². The Morgan fingerprint density at radius 1 is 0.852 bits per heavy atom. The average Bonchev–Trinajstić information content (AvgIpc) is 3.32. The summed E-state index contributed by atoms with van der Waals surface area (Å²) in [7, 11) is 0. The molecule has 0 bridgehead atoms. The number of aromatic nitrogens is 1. The molecule has 2 heterocycles. The SMILES string of the molecule is CC(C)(C)OC(=O)N[C@@H](CSC(c1ccccc1)(c1ccccc1)c1ccccc1)CN1CCN([C@H]2c3ccc(Cl)cc3CCc3cc(Br)cnc32)CC1. The van der Waals surface area contributed by atoms with Gasteiger partial charge in [-0.1, -0.05) is 109 Å². The van der Waals surface area contributed by atoms with Crippen LogP contribution >= 0.6 is 39.3 Å². The number of aryl methyl sites for hydroxylation is 2. The predicted molar refractivity (Wildman–Crippen MR) is 225 cm³/mol. The predicted octanol–water partition coefficient (Wildman–Crippen LogP) is 9.92. The lowest BCUT2D eigenvalue weighted by Crippen LogP contribution is -2.53. The number of benzene rings is 4. The molecule has 4 aromatic carbocycles. The maximum atomic E-state index is 13.4. The molecule has 54 heavy (non-hydrogen) atoms. The van der Waals surface area contributed by atoms with Gasteiger partial charge in [0.15, 0.2) is 0 Å². The normalized spacial score (nSPS) is 17.2. The minimum atomic E-state index is -0.603. The Kier molecular flexibility index (Phi) is 12.2. The first-order chi connectivity index (χ1) is 26.1. The standard InChI is InChI=1S/C45H48BrClN4O2S/c1-44(2,3)53-43(52)49-39(31-54-45(34-13-7-4-8-14-34,35-15-9-5-10-16-35)36-17-11-6-12-18-36)30-50-23-25-51(26-24-50)42-40-22-21-38(47)28-32(40)19-20-33-27-37(46)29-48-41(33)42/h4-18,21-22,27-29,39,42H,19-20,23-26,30-31H2,1-3H3,(H,49,52)/t39-,42+/m1/s1. The highest BCUT2D eigenvalue weighted by Crippen LogP contribution is 2.48. The van der Waals surface area contributed by atoms with E-state index in [1.165, 1.54) is 33.4 Å². The molecular formula is C45H48BrClN4O2S. The van der Waals surface area contributed by atoms with E-state index in [4.69, 9.17) is 21.3 Å². The first kappa shape index (κ1) is 38.6. The number of ether oxygens (including phenoxy) is 1. The van der Waals surface area contributed by atoms with Gasteiger partial charge in [0.05, 0.1) is 22.5 Å². The van der Waals surface area contributed by atoms with Crippen LogP contribution in [0.5, 0.6) is 0 Å². The molecule has 2 atom stereocenters. The highest BCUT2D eigenvalue weighted by molar-refractivity contribution is 9.10. The summed E-state index contributed by atoms with van der Waals surface area (Å²) in [6.07, 6.45) is 3.40. The van der Waals surface area contributed by atoms with Crippen molar-refractivity contribution in [3.05, 3.63) is 170 Å². The molecular weight excluding hydrogens is 776 g/mol. The molecule has 6 nitrogen and oxygen atoms in total. The second-order valence-corrected chi connectivity index (χ2v) is 17.8. The van der Waals surface area contributed by atoms with Crippen LogP contribution in [-0.4, -0.2) is 71.0 Å². The van der Waals surface area contributed by atoms with Crippen molar-refractivity contribution in [1.29, 1.82) is 0 Å². The van der Waals surface area contributed by atoms with Gasteiger partial charge in [-0.3, -0.25) is 14.8 Å². The molecule has 1 saturated heterocycles. The van der Waals surface area contributed by atoms with Gasteiger partial charge in [-0.2, -0.15) is 0 Å². The van der Waals surface area contributed by atoms with E-state index in [9.17, 15) is 4.79 Å². The van der Waals surface area contributed by atoms with E-state index in [-0.39, 0.29) is 18.2 Å². The van der Waals surface area contributed by atoms with E-state index in [0.29, 0.717) is 12.3 Å². The number of piperazine rings is 1. The third-order valence-corrected chi connectivity index (χ3v) is 12.7. The van der Waals surface area contributed by atoms with Crippen LogP contribution in [-0.2, 0) is 22.3 Å². The van der Waals surface area contributed by atoms with Crippen molar-refractivity contribution in [1.82, 2.24) is 20.1 Å². The van der Waals surface area contributed by atoms with E-state index in [2.05, 4.69) is 140 Å². The molecule has 5 aromatic rings. The van der Waals surface area contributed by atoms with Crippen molar-refractivity contribution in [3.63, 3.8) is 0 Å². The molecule has 2 aliphatic rings. The van der Waals surface area contributed by atoms with Gasteiger partial charge in [0.1, 0.15) is 5.60 Å². The topological polar surface area (TPSA) is 57.7 Å². The zero-order valence-electron chi connectivity index (χ0n) is 31.2. The molecule has 0 saturated carbocycles. The van der Waals surface area contributed by atoms with Crippen molar-refractivity contribution in [2.75, 3.05) is 38.5 Å². The number of thioether (sulfide) groups is 1. The number of amides is 1. The number of hydrogen-bond acceptors (Lipinski definition) is 6.